The number of carbonyl (C=O) groups is 3. The van der Waals surface area contributed by atoms with E-state index in [1.54, 1.807) is 29.2 Å². The summed E-state index contributed by atoms with van der Waals surface area (Å²) in [4.78, 5) is 40.3. The van der Waals surface area contributed by atoms with Crippen molar-refractivity contribution in [2.75, 3.05) is 19.7 Å². The maximum absolute atomic E-state index is 13.9. The van der Waals surface area contributed by atoms with Gasteiger partial charge in [0.2, 0.25) is 0 Å². The normalized spacial score (nSPS) is 10.6. The van der Waals surface area contributed by atoms with Crippen LogP contribution in [0.4, 0.5) is 0 Å². The Morgan fingerprint density at radius 1 is 0.786 bits per heavy atom. The quantitative estimate of drug-likeness (QED) is 0.203. The van der Waals surface area contributed by atoms with Crippen molar-refractivity contribution in [3.05, 3.63) is 125 Å². The third-order valence-electron chi connectivity index (χ3n) is 6.94. The molecule has 0 saturated heterocycles. The Balaban J connectivity index is 1.58. The zero-order chi connectivity index (χ0) is 29.9. The third-order valence-corrected chi connectivity index (χ3v) is 6.94. The molecule has 42 heavy (non-hydrogen) atoms. The summed E-state index contributed by atoms with van der Waals surface area (Å²) < 4.78 is 5.51. The number of nitrogens with zero attached hydrogens (tertiary/aromatic N) is 1. The highest BCUT2D eigenvalue weighted by Gasteiger charge is 2.22. The number of hydrogen-bond donors (Lipinski definition) is 2. The molecular weight excluding hydrogens is 528 g/mol. The van der Waals surface area contributed by atoms with Crippen LogP contribution in [0, 0.1) is 6.92 Å². The van der Waals surface area contributed by atoms with Crippen LogP contribution in [-0.2, 0) is 17.8 Å². The van der Waals surface area contributed by atoms with E-state index in [0.717, 1.165) is 22.4 Å². The number of carbonyl (C=O) groups excluding carboxylic acids is 2. The highest BCUT2D eigenvalue weighted by Crippen LogP contribution is 2.28. The maximum Gasteiger partial charge on any atom is 0.305 e. The van der Waals surface area contributed by atoms with Crippen molar-refractivity contribution in [3.8, 4) is 16.9 Å². The van der Waals surface area contributed by atoms with Gasteiger partial charge in [0.05, 0.1) is 13.0 Å². The second-order valence-electron chi connectivity index (χ2n) is 10.0. The van der Waals surface area contributed by atoms with Gasteiger partial charge in [0.1, 0.15) is 5.75 Å². The molecule has 0 fully saturated rings. The van der Waals surface area contributed by atoms with E-state index in [4.69, 9.17) is 4.74 Å². The second-order valence-corrected chi connectivity index (χ2v) is 10.0. The predicted molar refractivity (Wildman–Crippen MR) is 164 cm³/mol. The number of rotatable bonds is 13. The van der Waals surface area contributed by atoms with Crippen LogP contribution >= 0.6 is 0 Å². The van der Waals surface area contributed by atoms with Crippen molar-refractivity contribution in [2.45, 2.75) is 33.2 Å². The van der Waals surface area contributed by atoms with Crippen LogP contribution < -0.4 is 10.1 Å². The lowest BCUT2D eigenvalue weighted by atomic mass is 9.94. The van der Waals surface area contributed by atoms with E-state index in [0.29, 0.717) is 48.4 Å². The fourth-order valence-electron chi connectivity index (χ4n) is 4.82. The van der Waals surface area contributed by atoms with E-state index in [1.807, 2.05) is 86.6 Å². The molecule has 2 N–H and O–H groups in total. The van der Waals surface area contributed by atoms with Crippen molar-refractivity contribution in [2.24, 2.45) is 0 Å². The number of aliphatic carboxylic acids is 1. The van der Waals surface area contributed by atoms with Gasteiger partial charge in [-0.1, -0.05) is 78.4 Å². The van der Waals surface area contributed by atoms with E-state index >= 15 is 0 Å². The zero-order valence-electron chi connectivity index (χ0n) is 24.0. The van der Waals surface area contributed by atoms with Crippen molar-refractivity contribution in [3.63, 3.8) is 0 Å². The van der Waals surface area contributed by atoms with Crippen LogP contribution in [0.25, 0.3) is 11.1 Å². The number of nitrogens with one attached hydrogen (secondary N) is 1. The lowest BCUT2D eigenvalue weighted by Crippen LogP contribution is -2.35. The number of benzene rings is 4. The van der Waals surface area contributed by atoms with Gasteiger partial charge in [-0.25, -0.2) is 0 Å². The first-order chi connectivity index (χ1) is 20.4. The first-order valence-electron chi connectivity index (χ1n) is 14.1. The van der Waals surface area contributed by atoms with Gasteiger partial charge in [-0.2, -0.15) is 0 Å². The van der Waals surface area contributed by atoms with Gasteiger partial charge in [0, 0.05) is 30.8 Å². The van der Waals surface area contributed by atoms with Crippen LogP contribution in [0.5, 0.6) is 5.75 Å². The molecule has 0 radical (unpaired) electrons. The molecule has 4 aromatic rings. The minimum absolute atomic E-state index is 0.0676. The summed E-state index contributed by atoms with van der Waals surface area (Å²) in [6.45, 7) is 5.29. The fourth-order valence-corrected chi connectivity index (χ4v) is 4.82. The standard InChI is InChI=1S/C35H36N2O5/c1-3-42-28-17-15-26(16-18-28)19-21-37(22-20-33(38)39)35(41)32-14-7-5-12-30(32)29-11-4-6-13-31(29)34(40)36-24-27-10-8-9-25(2)23-27/h4-18,23H,3,19-22,24H2,1-2H3,(H,36,40)(H,38,39). The molecular formula is C35H36N2O5. The lowest BCUT2D eigenvalue weighted by molar-refractivity contribution is -0.137. The first-order valence-corrected chi connectivity index (χ1v) is 14.1. The smallest absolute Gasteiger partial charge is 0.305 e. The molecule has 7 heteroatoms. The highest BCUT2D eigenvalue weighted by atomic mass is 16.5. The number of aryl methyl sites for hydroxylation is 1. The Hall–Kier alpha value is -4.91. The monoisotopic (exact) mass is 564 g/mol. The summed E-state index contributed by atoms with van der Waals surface area (Å²) >= 11 is 0. The Bertz CT molecular complexity index is 1530. The SMILES string of the molecule is CCOc1ccc(CCN(CCC(=O)O)C(=O)c2ccccc2-c2ccccc2C(=O)NCc2cccc(C)c2)cc1. The molecule has 0 spiro atoms. The summed E-state index contributed by atoms with van der Waals surface area (Å²) in [5.74, 6) is -0.728. The van der Waals surface area contributed by atoms with E-state index in [-0.39, 0.29) is 24.8 Å². The minimum Gasteiger partial charge on any atom is -0.494 e. The van der Waals surface area contributed by atoms with Crippen LogP contribution in [0.15, 0.2) is 97.1 Å². The van der Waals surface area contributed by atoms with E-state index in [2.05, 4.69) is 5.32 Å². The summed E-state index contributed by atoms with van der Waals surface area (Å²) in [5.41, 5.74) is 5.24. The lowest BCUT2D eigenvalue weighted by Gasteiger charge is -2.24. The Kier molecular flexibility index (Phi) is 10.5. The Labute approximate surface area is 246 Å². The van der Waals surface area contributed by atoms with Gasteiger partial charge in [-0.15, -0.1) is 0 Å². The Morgan fingerprint density at radius 2 is 1.45 bits per heavy atom. The molecule has 0 aliphatic carbocycles. The van der Waals surface area contributed by atoms with Crippen molar-refractivity contribution in [1.82, 2.24) is 10.2 Å². The van der Waals surface area contributed by atoms with Gasteiger partial charge in [-0.3, -0.25) is 14.4 Å². The zero-order valence-corrected chi connectivity index (χ0v) is 24.0. The molecule has 0 aliphatic rings. The predicted octanol–water partition coefficient (Wildman–Crippen LogP) is 6.15. The number of amides is 2. The fraction of sp³-hybridized carbons (Fsp3) is 0.229. The van der Waals surface area contributed by atoms with Crippen molar-refractivity contribution >= 4 is 17.8 Å². The number of hydrogen-bond acceptors (Lipinski definition) is 4. The van der Waals surface area contributed by atoms with Gasteiger partial charge in [0.15, 0.2) is 0 Å². The summed E-state index contributed by atoms with van der Waals surface area (Å²) in [6, 6.07) is 30.0. The summed E-state index contributed by atoms with van der Waals surface area (Å²) in [7, 11) is 0. The highest BCUT2D eigenvalue weighted by molar-refractivity contribution is 6.06. The van der Waals surface area contributed by atoms with Crippen LogP contribution in [-0.4, -0.2) is 47.5 Å². The molecule has 216 valence electrons. The first kappa shape index (κ1) is 30.1. The number of ether oxygens (including phenoxy) is 1. The second kappa shape index (κ2) is 14.6. The van der Waals surface area contributed by atoms with E-state index in [9.17, 15) is 19.5 Å². The average molecular weight is 565 g/mol. The molecule has 0 saturated carbocycles. The van der Waals surface area contributed by atoms with Gasteiger partial charge in [-0.05, 0) is 66.8 Å². The molecule has 0 unspecified atom stereocenters. The van der Waals surface area contributed by atoms with E-state index in [1.165, 1.54) is 0 Å². The Morgan fingerprint density at radius 3 is 2.12 bits per heavy atom. The molecule has 0 bridgehead atoms. The van der Waals surface area contributed by atoms with Crippen molar-refractivity contribution in [1.29, 1.82) is 0 Å². The molecule has 2 amide bonds. The summed E-state index contributed by atoms with van der Waals surface area (Å²) in [6.07, 6.45) is 0.382. The molecule has 0 aliphatic heterocycles. The van der Waals surface area contributed by atoms with Gasteiger partial charge >= 0.3 is 5.97 Å². The molecule has 7 nitrogen and oxygen atoms in total. The number of carboxylic acid groups (broad SMARTS) is 1. The van der Waals surface area contributed by atoms with Crippen LogP contribution in [0.1, 0.15) is 50.8 Å². The molecule has 0 aromatic heterocycles. The van der Waals surface area contributed by atoms with Crippen molar-refractivity contribution < 1.29 is 24.2 Å². The van der Waals surface area contributed by atoms with Gasteiger partial charge < -0.3 is 20.1 Å². The largest absolute Gasteiger partial charge is 0.494 e. The maximum atomic E-state index is 13.9. The number of carboxylic acids is 1. The van der Waals surface area contributed by atoms with Crippen LogP contribution in [0.3, 0.4) is 0 Å². The molecule has 0 heterocycles. The topological polar surface area (TPSA) is 95.9 Å². The molecule has 0 atom stereocenters. The summed E-state index contributed by atoms with van der Waals surface area (Å²) in [5, 5.41) is 12.4. The van der Waals surface area contributed by atoms with Gasteiger partial charge in [0.25, 0.3) is 11.8 Å². The molecule has 4 rings (SSSR count). The average Bonchev–Trinajstić information content (AvgIpc) is 3.00. The minimum atomic E-state index is -0.974. The molecule has 4 aromatic carbocycles. The third kappa shape index (κ3) is 8.07. The van der Waals surface area contributed by atoms with Crippen LogP contribution in [0.2, 0.25) is 0 Å². The van der Waals surface area contributed by atoms with E-state index < -0.39 is 5.97 Å².